The lowest BCUT2D eigenvalue weighted by molar-refractivity contribution is -0.165. The third kappa shape index (κ3) is 3.55. The molecular weight excluding hydrogens is 304 g/mol. The average Bonchev–Trinajstić information content (AvgIpc) is 2.54. The third-order valence-electron chi connectivity index (χ3n) is 5.40. The Labute approximate surface area is 142 Å². The van der Waals surface area contributed by atoms with Crippen LogP contribution in [0.4, 0.5) is 5.69 Å². The molecule has 1 aromatic carbocycles. The van der Waals surface area contributed by atoms with Crippen molar-refractivity contribution in [3.8, 4) is 0 Å². The molecule has 2 fully saturated rings. The molecular formula is C19H24N2O3. The smallest absolute Gasteiger partial charge is 0.318 e. The molecule has 2 atom stereocenters. The van der Waals surface area contributed by atoms with E-state index < -0.39 is 0 Å². The highest BCUT2D eigenvalue weighted by Crippen LogP contribution is 2.53. The molecule has 0 aliphatic heterocycles. The number of hydrogen-bond donors (Lipinski definition) is 0. The predicted octanol–water partition coefficient (Wildman–Crippen LogP) is 4.81. The lowest BCUT2D eigenvalue weighted by atomic mass is 9.57. The SMILES string of the molecule is CC1CC2CC(C)CC(C(=O)O/N=C/c3ccc(N=O)cc3)(C1)C2. The molecule has 2 saturated carbocycles. The first-order valence-corrected chi connectivity index (χ1v) is 8.69. The number of carbonyl (C=O) groups is 1. The minimum absolute atomic E-state index is 0.187. The van der Waals surface area contributed by atoms with E-state index in [1.54, 1.807) is 24.3 Å². The number of hydrogen-bond acceptors (Lipinski definition) is 5. The van der Waals surface area contributed by atoms with Crippen LogP contribution in [-0.2, 0) is 9.63 Å². The highest BCUT2D eigenvalue weighted by atomic mass is 16.7. The third-order valence-corrected chi connectivity index (χ3v) is 5.40. The fourth-order valence-corrected chi connectivity index (χ4v) is 4.81. The summed E-state index contributed by atoms with van der Waals surface area (Å²) in [7, 11) is 0. The van der Waals surface area contributed by atoms with Gasteiger partial charge < -0.3 is 4.84 Å². The number of nitrogens with zero attached hydrogens (tertiary/aromatic N) is 2. The average molecular weight is 328 g/mol. The van der Waals surface area contributed by atoms with Crippen molar-refractivity contribution in [2.24, 2.45) is 33.5 Å². The number of nitroso groups, excluding NO2 is 1. The van der Waals surface area contributed by atoms with Crippen molar-refractivity contribution in [3.63, 3.8) is 0 Å². The van der Waals surface area contributed by atoms with E-state index in [-0.39, 0.29) is 11.4 Å². The summed E-state index contributed by atoms with van der Waals surface area (Å²) in [6.45, 7) is 4.46. The zero-order chi connectivity index (χ0) is 17.2. The van der Waals surface area contributed by atoms with Crippen molar-refractivity contribution in [1.82, 2.24) is 0 Å². The lowest BCUT2D eigenvalue weighted by Gasteiger charge is -2.47. The molecule has 3 rings (SSSR count). The van der Waals surface area contributed by atoms with Crippen molar-refractivity contribution < 1.29 is 9.63 Å². The molecule has 0 radical (unpaired) electrons. The van der Waals surface area contributed by atoms with E-state index in [0.29, 0.717) is 23.4 Å². The van der Waals surface area contributed by atoms with Crippen LogP contribution in [0.1, 0.15) is 51.5 Å². The Bertz CT molecular complexity index is 619. The van der Waals surface area contributed by atoms with Gasteiger partial charge in [-0.05, 0) is 72.7 Å². The van der Waals surface area contributed by atoms with Crippen molar-refractivity contribution in [3.05, 3.63) is 34.7 Å². The van der Waals surface area contributed by atoms with Crippen molar-refractivity contribution in [1.29, 1.82) is 0 Å². The van der Waals surface area contributed by atoms with Crippen LogP contribution in [0.5, 0.6) is 0 Å². The highest BCUT2D eigenvalue weighted by Gasteiger charge is 2.50. The summed E-state index contributed by atoms with van der Waals surface area (Å²) in [5.74, 6) is 1.58. The second-order valence-corrected chi connectivity index (χ2v) is 7.74. The van der Waals surface area contributed by atoms with Gasteiger partial charge in [-0.25, -0.2) is 4.79 Å². The van der Waals surface area contributed by atoms with Crippen LogP contribution < -0.4 is 0 Å². The molecule has 0 spiro atoms. The van der Waals surface area contributed by atoms with Gasteiger partial charge >= 0.3 is 5.97 Å². The Kier molecular flexibility index (Phi) is 4.78. The lowest BCUT2D eigenvalue weighted by Crippen LogP contribution is -2.44. The Morgan fingerprint density at radius 1 is 1.12 bits per heavy atom. The summed E-state index contributed by atoms with van der Waals surface area (Å²) in [4.78, 5) is 28.4. The van der Waals surface area contributed by atoms with Gasteiger partial charge in [-0.1, -0.05) is 31.1 Å². The fraction of sp³-hybridized carbons (Fsp3) is 0.579. The maximum absolute atomic E-state index is 12.7. The van der Waals surface area contributed by atoms with Gasteiger partial charge in [0, 0.05) is 0 Å². The zero-order valence-electron chi connectivity index (χ0n) is 14.3. The van der Waals surface area contributed by atoms with Crippen LogP contribution in [0.2, 0.25) is 0 Å². The van der Waals surface area contributed by atoms with E-state index in [1.807, 2.05) is 0 Å². The quantitative estimate of drug-likeness (QED) is 0.344. The summed E-state index contributed by atoms with van der Waals surface area (Å²) in [6.07, 6.45) is 6.69. The van der Waals surface area contributed by atoms with Crippen LogP contribution in [0, 0.1) is 28.1 Å². The molecule has 24 heavy (non-hydrogen) atoms. The molecule has 128 valence electrons. The molecule has 0 amide bonds. The van der Waals surface area contributed by atoms with E-state index in [9.17, 15) is 9.70 Å². The van der Waals surface area contributed by atoms with Gasteiger partial charge in [0.25, 0.3) is 0 Å². The monoisotopic (exact) mass is 328 g/mol. The summed E-state index contributed by atoms with van der Waals surface area (Å²) >= 11 is 0. The van der Waals surface area contributed by atoms with Crippen LogP contribution in [0.15, 0.2) is 34.6 Å². The molecule has 0 saturated heterocycles. The summed E-state index contributed by atoms with van der Waals surface area (Å²) in [5.41, 5.74) is 0.767. The van der Waals surface area contributed by atoms with Gasteiger partial charge in [0.05, 0.1) is 11.6 Å². The van der Waals surface area contributed by atoms with Gasteiger partial charge in [0.2, 0.25) is 0 Å². The molecule has 2 unspecified atom stereocenters. The van der Waals surface area contributed by atoms with Crippen LogP contribution in [0.25, 0.3) is 0 Å². The first-order chi connectivity index (χ1) is 11.5. The van der Waals surface area contributed by atoms with Crippen molar-refractivity contribution >= 4 is 17.9 Å². The fourth-order valence-electron chi connectivity index (χ4n) is 4.81. The minimum Gasteiger partial charge on any atom is -0.318 e. The normalized spacial score (nSPS) is 32.5. The maximum Gasteiger partial charge on any atom is 0.341 e. The van der Waals surface area contributed by atoms with E-state index in [0.717, 1.165) is 24.8 Å². The molecule has 1 aromatic rings. The van der Waals surface area contributed by atoms with Gasteiger partial charge in [0.15, 0.2) is 0 Å². The van der Waals surface area contributed by atoms with E-state index in [4.69, 9.17) is 4.84 Å². The Morgan fingerprint density at radius 2 is 1.75 bits per heavy atom. The molecule has 2 aliphatic rings. The van der Waals surface area contributed by atoms with Crippen LogP contribution >= 0.6 is 0 Å². The second-order valence-electron chi connectivity index (χ2n) is 7.74. The number of oxime groups is 1. The Balaban J connectivity index is 1.66. The van der Waals surface area contributed by atoms with E-state index in [1.165, 1.54) is 19.1 Å². The molecule has 2 bridgehead atoms. The number of benzene rings is 1. The summed E-state index contributed by atoms with van der Waals surface area (Å²) < 4.78 is 0. The highest BCUT2D eigenvalue weighted by molar-refractivity contribution is 5.82. The molecule has 0 N–H and O–H groups in total. The maximum atomic E-state index is 12.7. The van der Waals surface area contributed by atoms with Gasteiger partial charge in [-0.2, -0.15) is 0 Å². The van der Waals surface area contributed by atoms with Gasteiger partial charge in [0.1, 0.15) is 5.69 Å². The van der Waals surface area contributed by atoms with Crippen molar-refractivity contribution in [2.45, 2.75) is 46.0 Å². The Hall–Kier alpha value is -2.04. The molecule has 5 heteroatoms. The standard InChI is InChI=1S/C19H24N2O3/c1-13-7-16-8-14(2)10-19(9-13,11-16)18(22)24-20-12-15-3-5-17(21-23)6-4-15/h3-6,12-14,16H,7-11H2,1-2H3/b20-12+. The van der Waals surface area contributed by atoms with Crippen LogP contribution in [0.3, 0.4) is 0 Å². The Morgan fingerprint density at radius 3 is 2.33 bits per heavy atom. The number of carbonyl (C=O) groups excluding carboxylic acids is 1. The van der Waals surface area contributed by atoms with E-state index in [2.05, 4.69) is 24.2 Å². The summed E-state index contributed by atoms with van der Waals surface area (Å²) in [6, 6.07) is 6.64. The predicted molar refractivity (Wildman–Crippen MR) is 92.9 cm³/mol. The van der Waals surface area contributed by atoms with Crippen molar-refractivity contribution in [2.75, 3.05) is 0 Å². The topological polar surface area (TPSA) is 68.1 Å². The minimum atomic E-state index is -0.358. The first-order valence-electron chi connectivity index (χ1n) is 8.69. The number of fused-ring (bicyclic) bond motifs is 2. The first kappa shape index (κ1) is 16.8. The second kappa shape index (κ2) is 6.83. The van der Waals surface area contributed by atoms with E-state index >= 15 is 0 Å². The number of rotatable bonds is 4. The van der Waals surface area contributed by atoms with Crippen LogP contribution in [-0.4, -0.2) is 12.2 Å². The zero-order valence-corrected chi connectivity index (χ0v) is 14.3. The molecule has 0 heterocycles. The molecule has 0 aromatic heterocycles. The van der Waals surface area contributed by atoms with Gasteiger partial charge in [-0.3, -0.25) is 0 Å². The van der Waals surface area contributed by atoms with Gasteiger partial charge in [-0.15, -0.1) is 4.91 Å². The summed E-state index contributed by atoms with van der Waals surface area (Å²) in [5, 5.41) is 6.73. The molecule has 5 nitrogen and oxygen atoms in total. The molecule has 2 aliphatic carbocycles. The largest absolute Gasteiger partial charge is 0.341 e.